The molecule has 3 rings (SSSR count). The minimum absolute atomic E-state index is 0.0645. The molecule has 0 fully saturated rings. The Morgan fingerprint density at radius 1 is 1.11 bits per heavy atom. The number of benzene rings is 2. The molecule has 1 aromatic heterocycles. The zero-order valence-electron chi connectivity index (χ0n) is 15.8. The number of carbonyl (C=O) groups is 1. The highest BCUT2D eigenvalue weighted by Gasteiger charge is 2.29. The molecule has 146 valence electrons. The maximum absolute atomic E-state index is 13.4. The molecule has 0 spiro atoms. The summed E-state index contributed by atoms with van der Waals surface area (Å²) < 4.78 is 29.6. The lowest BCUT2D eigenvalue weighted by molar-refractivity contribution is 0.0696. The number of rotatable bonds is 6. The number of aromatic nitrogens is 2. The fraction of sp³-hybridized carbons (Fsp3) is 0.200. The van der Waals surface area contributed by atoms with Gasteiger partial charge < -0.3 is 9.67 Å². The van der Waals surface area contributed by atoms with E-state index in [0.717, 1.165) is 5.56 Å². The Kier molecular flexibility index (Phi) is 5.24. The minimum Gasteiger partial charge on any atom is -0.478 e. The van der Waals surface area contributed by atoms with Gasteiger partial charge in [0.25, 0.3) is 10.0 Å². The Morgan fingerprint density at radius 3 is 2.36 bits per heavy atom. The molecule has 1 heterocycles. The van der Waals surface area contributed by atoms with Crippen molar-refractivity contribution in [2.45, 2.75) is 25.4 Å². The average Bonchev–Trinajstić information content (AvgIpc) is 3.10. The van der Waals surface area contributed by atoms with E-state index in [1.165, 1.54) is 29.0 Å². The van der Waals surface area contributed by atoms with Crippen LogP contribution in [0.1, 0.15) is 27.0 Å². The topological polar surface area (TPSA) is 92.5 Å². The summed E-state index contributed by atoms with van der Waals surface area (Å²) in [5.41, 5.74) is 2.50. The standard InChI is InChI=1S/C20H21N3O4S/c1-14-15(2)18(10-9-17(14)20(24)25)23(11-16-7-5-4-6-8-16)28(26,27)19-12-22(3)13-21-19/h4-10,12-13H,11H2,1-3H3,(H,24,25). The van der Waals surface area contributed by atoms with E-state index in [4.69, 9.17) is 0 Å². The summed E-state index contributed by atoms with van der Waals surface area (Å²) in [6, 6.07) is 12.2. The molecule has 1 N–H and O–H groups in total. The second-order valence-corrected chi connectivity index (χ2v) is 8.37. The van der Waals surface area contributed by atoms with Gasteiger partial charge in [-0.3, -0.25) is 4.31 Å². The van der Waals surface area contributed by atoms with Crippen molar-refractivity contribution in [2.24, 2.45) is 7.05 Å². The molecule has 0 unspecified atom stereocenters. The van der Waals surface area contributed by atoms with Crippen molar-refractivity contribution in [3.8, 4) is 0 Å². The van der Waals surface area contributed by atoms with Crippen LogP contribution >= 0.6 is 0 Å². The fourth-order valence-electron chi connectivity index (χ4n) is 2.99. The molecule has 2 aromatic carbocycles. The second kappa shape index (κ2) is 7.47. The van der Waals surface area contributed by atoms with E-state index in [9.17, 15) is 18.3 Å². The minimum atomic E-state index is -3.95. The van der Waals surface area contributed by atoms with Crippen LogP contribution in [0.3, 0.4) is 0 Å². The van der Waals surface area contributed by atoms with E-state index in [1.807, 2.05) is 30.3 Å². The molecule has 7 nitrogen and oxygen atoms in total. The monoisotopic (exact) mass is 399 g/mol. The van der Waals surface area contributed by atoms with Crippen molar-refractivity contribution < 1.29 is 18.3 Å². The Morgan fingerprint density at radius 2 is 1.79 bits per heavy atom. The average molecular weight is 399 g/mol. The summed E-state index contributed by atoms with van der Waals surface area (Å²) in [7, 11) is -2.25. The number of hydrogen-bond donors (Lipinski definition) is 1. The molecule has 0 atom stereocenters. The van der Waals surface area contributed by atoms with E-state index in [-0.39, 0.29) is 17.1 Å². The Hall–Kier alpha value is -3.13. The van der Waals surface area contributed by atoms with Crippen LogP contribution in [0, 0.1) is 13.8 Å². The SMILES string of the molecule is Cc1c(C(=O)O)ccc(N(Cc2ccccc2)S(=O)(=O)c2cn(C)cn2)c1C. The van der Waals surface area contributed by atoms with Gasteiger partial charge in [0, 0.05) is 13.2 Å². The first-order chi connectivity index (χ1) is 13.2. The van der Waals surface area contributed by atoms with Crippen LogP contribution < -0.4 is 4.31 Å². The molecule has 8 heteroatoms. The lowest BCUT2D eigenvalue weighted by Gasteiger charge is -2.26. The molecular weight excluding hydrogens is 378 g/mol. The van der Waals surface area contributed by atoms with E-state index in [0.29, 0.717) is 16.8 Å². The third-order valence-corrected chi connectivity index (χ3v) is 6.31. The van der Waals surface area contributed by atoms with Crippen LogP contribution in [0.2, 0.25) is 0 Å². The van der Waals surface area contributed by atoms with E-state index in [1.54, 1.807) is 25.5 Å². The first-order valence-corrected chi connectivity index (χ1v) is 10.0. The van der Waals surface area contributed by atoms with Crippen LogP contribution in [-0.4, -0.2) is 29.0 Å². The quantitative estimate of drug-likeness (QED) is 0.687. The number of aryl methyl sites for hydroxylation is 1. The predicted octanol–water partition coefficient (Wildman–Crippen LogP) is 3.13. The van der Waals surface area contributed by atoms with Crippen LogP contribution in [-0.2, 0) is 23.6 Å². The van der Waals surface area contributed by atoms with Crippen LogP contribution in [0.25, 0.3) is 0 Å². The number of carboxylic acid groups (broad SMARTS) is 1. The van der Waals surface area contributed by atoms with Gasteiger partial charge in [-0.2, -0.15) is 8.42 Å². The molecule has 0 saturated heterocycles. The molecule has 0 amide bonds. The maximum atomic E-state index is 13.4. The predicted molar refractivity (Wildman–Crippen MR) is 106 cm³/mol. The van der Waals surface area contributed by atoms with Crippen molar-refractivity contribution >= 4 is 21.7 Å². The van der Waals surface area contributed by atoms with Gasteiger partial charge in [0.2, 0.25) is 0 Å². The van der Waals surface area contributed by atoms with Gasteiger partial charge in [0.15, 0.2) is 5.03 Å². The molecule has 3 aromatic rings. The van der Waals surface area contributed by atoms with E-state index >= 15 is 0 Å². The summed E-state index contributed by atoms with van der Waals surface area (Å²) in [5, 5.41) is 9.29. The first kappa shape index (κ1) is 19.6. The summed E-state index contributed by atoms with van der Waals surface area (Å²) in [6.45, 7) is 3.51. The molecule has 0 bridgehead atoms. The van der Waals surface area contributed by atoms with Crippen LogP contribution in [0.5, 0.6) is 0 Å². The highest BCUT2D eigenvalue weighted by atomic mass is 32.2. The van der Waals surface area contributed by atoms with Crippen molar-refractivity contribution in [2.75, 3.05) is 4.31 Å². The number of hydrogen-bond acceptors (Lipinski definition) is 4. The second-order valence-electron chi connectivity index (χ2n) is 6.56. The normalized spacial score (nSPS) is 11.4. The molecule has 0 saturated carbocycles. The Labute approximate surface area is 163 Å². The number of carboxylic acids is 1. The van der Waals surface area contributed by atoms with Gasteiger partial charge in [0.1, 0.15) is 0 Å². The summed E-state index contributed by atoms with van der Waals surface area (Å²) in [6.07, 6.45) is 2.88. The van der Waals surface area contributed by atoms with Gasteiger partial charge in [-0.05, 0) is 42.7 Å². The number of imidazole rings is 1. The molecule has 0 radical (unpaired) electrons. The van der Waals surface area contributed by atoms with Gasteiger partial charge >= 0.3 is 5.97 Å². The number of anilines is 1. The highest BCUT2D eigenvalue weighted by molar-refractivity contribution is 7.92. The number of nitrogens with zero attached hydrogens (tertiary/aromatic N) is 3. The van der Waals surface area contributed by atoms with Gasteiger partial charge in [0.05, 0.1) is 24.1 Å². The lowest BCUT2D eigenvalue weighted by atomic mass is 10.0. The van der Waals surface area contributed by atoms with Crippen molar-refractivity contribution in [3.63, 3.8) is 0 Å². The van der Waals surface area contributed by atoms with Gasteiger partial charge in [-0.15, -0.1) is 0 Å². The third kappa shape index (κ3) is 3.63. The van der Waals surface area contributed by atoms with Crippen molar-refractivity contribution in [1.82, 2.24) is 9.55 Å². The van der Waals surface area contributed by atoms with E-state index < -0.39 is 16.0 Å². The third-order valence-electron chi connectivity index (χ3n) is 4.66. The summed E-state index contributed by atoms with van der Waals surface area (Å²) >= 11 is 0. The molecule has 0 aliphatic carbocycles. The fourth-order valence-corrected chi connectivity index (χ4v) is 4.47. The van der Waals surface area contributed by atoms with E-state index in [2.05, 4.69) is 4.98 Å². The lowest BCUT2D eigenvalue weighted by Crippen LogP contribution is -2.31. The molecule has 0 aliphatic rings. The van der Waals surface area contributed by atoms with Gasteiger partial charge in [-0.1, -0.05) is 30.3 Å². The summed E-state index contributed by atoms with van der Waals surface area (Å²) in [4.78, 5) is 15.4. The van der Waals surface area contributed by atoms with Crippen molar-refractivity contribution in [1.29, 1.82) is 0 Å². The molecule has 28 heavy (non-hydrogen) atoms. The largest absolute Gasteiger partial charge is 0.478 e. The highest BCUT2D eigenvalue weighted by Crippen LogP contribution is 2.31. The Balaban J connectivity index is 2.17. The molecular formula is C20H21N3O4S. The summed E-state index contributed by atoms with van der Waals surface area (Å²) in [5.74, 6) is -1.05. The van der Waals surface area contributed by atoms with Crippen molar-refractivity contribution in [3.05, 3.63) is 77.2 Å². The Bertz CT molecular complexity index is 1120. The number of sulfonamides is 1. The smallest absolute Gasteiger partial charge is 0.335 e. The zero-order chi connectivity index (χ0) is 20.5. The van der Waals surface area contributed by atoms with Crippen LogP contribution in [0.4, 0.5) is 5.69 Å². The van der Waals surface area contributed by atoms with Crippen LogP contribution in [0.15, 0.2) is 60.0 Å². The molecule has 0 aliphatic heterocycles. The first-order valence-electron chi connectivity index (χ1n) is 8.60. The van der Waals surface area contributed by atoms with Gasteiger partial charge in [-0.25, -0.2) is 9.78 Å². The zero-order valence-corrected chi connectivity index (χ0v) is 16.6. The maximum Gasteiger partial charge on any atom is 0.335 e. The number of aromatic carboxylic acids is 1.